The smallest absolute Gasteiger partial charge is 0.157 e. The van der Waals surface area contributed by atoms with Crippen molar-refractivity contribution in [1.82, 2.24) is 5.32 Å². The Kier molecular flexibility index (Phi) is 4.28. The Morgan fingerprint density at radius 1 is 0.885 bits per heavy atom. The summed E-state index contributed by atoms with van der Waals surface area (Å²) in [6.45, 7) is 0.884. The highest BCUT2D eigenvalue weighted by Gasteiger charge is 2.32. The highest BCUT2D eigenvalue weighted by Crippen LogP contribution is 2.49. The third-order valence-electron chi connectivity index (χ3n) is 5.32. The fraction of sp³-hybridized carbons (Fsp3) is 0.400. The van der Waals surface area contributed by atoms with Crippen molar-refractivity contribution < 1.29 is 25.2 Å². The van der Waals surface area contributed by atoms with Gasteiger partial charge in [-0.1, -0.05) is 12.5 Å². The molecule has 2 atom stereocenters. The van der Waals surface area contributed by atoms with Gasteiger partial charge in [-0.05, 0) is 49.9 Å². The molecule has 2 heterocycles. The van der Waals surface area contributed by atoms with Gasteiger partial charge in [0.15, 0.2) is 11.5 Å². The lowest BCUT2D eigenvalue weighted by Crippen LogP contribution is -2.28. The fourth-order valence-electron chi connectivity index (χ4n) is 3.95. The van der Waals surface area contributed by atoms with Gasteiger partial charge in [0.2, 0.25) is 0 Å². The summed E-state index contributed by atoms with van der Waals surface area (Å²) in [5.41, 5.74) is 2.16. The van der Waals surface area contributed by atoms with Gasteiger partial charge in [0, 0.05) is 17.7 Å². The van der Waals surface area contributed by atoms with E-state index >= 15 is 0 Å². The summed E-state index contributed by atoms with van der Waals surface area (Å²) in [6, 6.07) is 6.04. The van der Waals surface area contributed by atoms with Crippen LogP contribution >= 0.6 is 0 Å². The predicted molar refractivity (Wildman–Crippen MR) is 95.8 cm³/mol. The third kappa shape index (κ3) is 2.90. The van der Waals surface area contributed by atoms with Gasteiger partial charge in [0.25, 0.3) is 0 Å². The van der Waals surface area contributed by atoms with Crippen molar-refractivity contribution in [3.8, 4) is 28.7 Å². The van der Waals surface area contributed by atoms with Gasteiger partial charge >= 0.3 is 0 Å². The average Bonchev–Trinajstić information content (AvgIpc) is 2.64. The number of nitrogens with one attached hydrogen (secondary N) is 1. The van der Waals surface area contributed by atoms with Crippen molar-refractivity contribution in [2.45, 2.75) is 44.2 Å². The average molecular weight is 357 g/mol. The minimum Gasteiger partial charge on any atom is -0.507 e. The van der Waals surface area contributed by atoms with Crippen molar-refractivity contribution in [3.63, 3.8) is 0 Å². The summed E-state index contributed by atoms with van der Waals surface area (Å²) in [5.74, 6) is 0.252. The summed E-state index contributed by atoms with van der Waals surface area (Å²) in [6.07, 6.45) is 3.99. The van der Waals surface area contributed by atoms with Crippen LogP contribution in [0, 0.1) is 0 Å². The maximum Gasteiger partial charge on any atom is 0.157 e. The third-order valence-corrected chi connectivity index (χ3v) is 5.32. The van der Waals surface area contributed by atoms with E-state index in [4.69, 9.17) is 4.74 Å². The van der Waals surface area contributed by atoms with E-state index in [1.807, 2.05) is 0 Å². The van der Waals surface area contributed by atoms with Crippen molar-refractivity contribution in [3.05, 3.63) is 41.0 Å². The monoisotopic (exact) mass is 357 g/mol. The number of benzene rings is 2. The molecule has 6 nitrogen and oxygen atoms in total. The lowest BCUT2D eigenvalue weighted by atomic mass is 9.89. The van der Waals surface area contributed by atoms with Crippen LogP contribution in [-0.2, 0) is 6.42 Å². The molecule has 1 fully saturated rings. The molecule has 2 aliphatic rings. The molecule has 4 rings (SSSR count). The minimum absolute atomic E-state index is 0.00919. The normalized spacial score (nSPS) is 22.5. The van der Waals surface area contributed by atoms with Gasteiger partial charge in [0.05, 0.1) is 5.56 Å². The molecule has 2 aliphatic heterocycles. The molecular weight excluding hydrogens is 334 g/mol. The van der Waals surface area contributed by atoms with Gasteiger partial charge in [-0.3, -0.25) is 0 Å². The Balaban J connectivity index is 1.73. The van der Waals surface area contributed by atoms with Gasteiger partial charge in [-0.15, -0.1) is 0 Å². The van der Waals surface area contributed by atoms with E-state index in [-0.39, 0.29) is 35.1 Å². The molecule has 0 radical (unpaired) electrons. The maximum absolute atomic E-state index is 10.5. The van der Waals surface area contributed by atoms with Gasteiger partial charge in [-0.25, -0.2) is 0 Å². The molecule has 0 aliphatic carbocycles. The Hall–Kier alpha value is -2.60. The molecule has 26 heavy (non-hydrogen) atoms. The predicted octanol–water partition coefficient (Wildman–Crippen LogP) is 3.39. The van der Waals surface area contributed by atoms with E-state index in [9.17, 15) is 20.4 Å². The Bertz CT molecular complexity index is 829. The number of aromatic hydroxyl groups is 4. The second-order valence-electron chi connectivity index (χ2n) is 7.03. The summed E-state index contributed by atoms with van der Waals surface area (Å²) >= 11 is 0. The molecule has 2 unspecified atom stereocenters. The summed E-state index contributed by atoms with van der Waals surface area (Å²) in [5, 5.41) is 43.5. The molecule has 6 heteroatoms. The highest BCUT2D eigenvalue weighted by atomic mass is 16.5. The van der Waals surface area contributed by atoms with Crippen LogP contribution in [0.1, 0.15) is 54.5 Å². The number of rotatable bonds is 2. The van der Waals surface area contributed by atoms with E-state index in [1.54, 1.807) is 6.07 Å². The first-order valence-electron chi connectivity index (χ1n) is 9.04. The lowest BCUT2D eigenvalue weighted by molar-refractivity contribution is 0.168. The number of phenolic OH excluding ortho intramolecular Hbond substituents is 4. The van der Waals surface area contributed by atoms with E-state index in [2.05, 4.69) is 5.32 Å². The first kappa shape index (κ1) is 16.8. The molecule has 0 aromatic heterocycles. The summed E-state index contributed by atoms with van der Waals surface area (Å²) < 4.78 is 6.21. The quantitative estimate of drug-likeness (QED) is 0.528. The lowest BCUT2D eigenvalue weighted by Gasteiger charge is -2.33. The Morgan fingerprint density at radius 2 is 1.73 bits per heavy atom. The van der Waals surface area contributed by atoms with Crippen molar-refractivity contribution in [1.29, 1.82) is 0 Å². The zero-order valence-electron chi connectivity index (χ0n) is 14.4. The Morgan fingerprint density at radius 3 is 2.46 bits per heavy atom. The zero-order chi connectivity index (χ0) is 18.3. The SMILES string of the molecule is Oc1ccc(C2CCc3c(O)cc(O)c(C4CCCCN4)c3O2)cc1O. The number of hydrogen-bond acceptors (Lipinski definition) is 6. The van der Waals surface area contributed by atoms with Crippen LogP contribution in [0.15, 0.2) is 24.3 Å². The van der Waals surface area contributed by atoms with Crippen LogP contribution in [0.5, 0.6) is 28.7 Å². The van der Waals surface area contributed by atoms with Crippen LogP contribution in [0.25, 0.3) is 0 Å². The van der Waals surface area contributed by atoms with E-state index in [0.717, 1.165) is 31.4 Å². The molecule has 138 valence electrons. The standard InChI is InChI=1S/C20H23NO5/c22-14-6-4-11(9-16(14)24)18-7-5-12-15(23)10-17(25)19(20(12)26-18)13-3-1-2-8-21-13/h4,6,9-10,13,18,21-25H,1-3,5,7-8H2. The molecular formula is C20H23NO5. The van der Waals surface area contributed by atoms with Gasteiger partial charge in [-0.2, -0.15) is 0 Å². The highest BCUT2D eigenvalue weighted by molar-refractivity contribution is 5.59. The van der Waals surface area contributed by atoms with Crippen LogP contribution in [0.2, 0.25) is 0 Å². The zero-order valence-corrected chi connectivity index (χ0v) is 14.4. The van der Waals surface area contributed by atoms with Gasteiger partial charge in [0.1, 0.15) is 23.4 Å². The largest absolute Gasteiger partial charge is 0.507 e. The molecule has 5 N–H and O–H groups in total. The summed E-state index contributed by atoms with van der Waals surface area (Å²) in [7, 11) is 0. The molecule has 0 bridgehead atoms. The number of ether oxygens (including phenoxy) is 1. The molecule has 0 amide bonds. The van der Waals surface area contributed by atoms with E-state index in [0.29, 0.717) is 29.7 Å². The van der Waals surface area contributed by atoms with Crippen LogP contribution in [-0.4, -0.2) is 27.0 Å². The molecule has 2 aromatic rings. The Labute approximate surface area is 151 Å². The fourth-order valence-corrected chi connectivity index (χ4v) is 3.95. The number of fused-ring (bicyclic) bond motifs is 1. The summed E-state index contributed by atoms with van der Waals surface area (Å²) in [4.78, 5) is 0. The van der Waals surface area contributed by atoms with Crippen LogP contribution in [0.3, 0.4) is 0 Å². The van der Waals surface area contributed by atoms with Gasteiger partial charge < -0.3 is 30.5 Å². The first-order valence-corrected chi connectivity index (χ1v) is 9.04. The number of phenols is 4. The second-order valence-corrected chi connectivity index (χ2v) is 7.03. The molecule has 0 saturated carbocycles. The first-order chi connectivity index (χ1) is 12.5. The van der Waals surface area contributed by atoms with Crippen molar-refractivity contribution in [2.75, 3.05) is 6.54 Å². The number of hydrogen-bond donors (Lipinski definition) is 5. The van der Waals surface area contributed by atoms with E-state index in [1.165, 1.54) is 18.2 Å². The van der Waals surface area contributed by atoms with Crippen LogP contribution in [0.4, 0.5) is 0 Å². The minimum atomic E-state index is -0.322. The van der Waals surface area contributed by atoms with Crippen molar-refractivity contribution in [2.24, 2.45) is 0 Å². The number of piperidine rings is 1. The van der Waals surface area contributed by atoms with E-state index < -0.39 is 0 Å². The van der Waals surface area contributed by atoms with Crippen molar-refractivity contribution >= 4 is 0 Å². The maximum atomic E-state index is 10.5. The molecule has 1 saturated heterocycles. The van der Waals surface area contributed by atoms with Crippen LogP contribution < -0.4 is 10.1 Å². The second kappa shape index (κ2) is 6.61. The molecule has 2 aromatic carbocycles. The molecule has 0 spiro atoms. The topological polar surface area (TPSA) is 102 Å².